The van der Waals surface area contributed by atoms with Gasteiger partial charge in [-0.2, -0.15) is 0 Å². The molecule has 92 valence electrons. The number of carbonyl (C=O) groups excluding carboxylic acids is 1. The maximum atomic E-state index is 11.4. The summed E-state index contributed by atoms with van der Waals surface area (Å²) >= 11 is 0. The van der Waals surface area contributed by atoms with Crippen LogP contribution in [0.3, 0.4) is 0 Å². The highest BCUT2D eigenvalue weighted by atomic mass is 16.1. The molecule has 0 radical (unpaired) electrons. The number of allylic oxidation sites excluding steroid dienone is 3. The minimum Gasteiger partial charge on any atom is -0.299 e. The molecule has 0 N–H and O–H groups in total. The first kappa shape index (κ1) is 15.2. The predicted molar refractivity (Wildman–Crippen MR) is 71.5 cm³/mol. The third-order valence-electron chi connectivity index (χ3n) is 2.68. The Balaban J connectivity index is 3.85. The zero-order chi connectivity index (χ0) is 12.4. The lowest BCUT2D eigenvalue weighted by molar-refractivity contribution is -0.119. The molecule has 0 aliphatic heterocycles. The van der Waals surface area contributed by atoms with Gasteiger partial charge >= 0.3 is 0 Å². The predicted octanol–water partition coefficient (Wildman–Crippen LogP) is 4.68. The third kappa shape index (κ3) is 8.46. The molecule has 16 heavy (non-hydrogen) atoms. The smallest absolute Gasteiger partial charge is 0.136 e. The molecule has 0 fully saturated rings. The van der Waals surface area contributed by atoms with Crippen LogP contribution in [0.25, 0.3) is 0 Å². The summed E-state index contributed by atoms with van der Waals surface area (Å²) in [6, 6.07) is 0. The highest BCUT2D eigenvalue weighted by Crippen LogP contribution is 2.13. The molecule has 0 aromatic carbocycles. The van der Waals surface area contributed by atoms with Gasteiger partial charge in [-0.05, 0) is 33.1 Å². The highest BCUT2D eigenvalue weighted by molar-refractivity contribution is 5.80. The molecule has 0 aromatic heterocycles. The number of ketones is 1. The van der Waals surface area contributed by atoms with E-state index in [0.29, 0.717) is 0 Å². The second kappa shape index (κ2) is 9.38. The molecule has 0 aliphatic rings. The van der Waals surface area contributed by atoms with E-state index in [1.165, 1.54) is 25.7 Å². The Morgan fingerprint density at radius 3 is 2.44 bits per heavy atom. The van der Waals surface area contributed by atoms with Gasteiger partial charge in [0.2, 0.25) is 0 Å². The second-order valence-corrected chi connectivity index (χ2v) is 4.66. The molecule has 0 aliphatic carbocycles. The Bertz CT molecular complexity index is 238. The van der Waals surface area contributed by atoms with Crippen LogP contribution in [0.2, 0.25) is 0 Å². The zero-order valence-corrected chi connectivity index (χ0v) is 11.1. The van der Waals surface area contributed by atoms with Crippen LogP contribution >= 0.6 is 0 Å². The molecule has 0 heterocycles. The van der Waals surface area contributed by atoms with Gasteiger partial charge in [-0.1, -0.05) is 43.9 Å². The Morgan fingerprint density at radius 2 is 1.94 bits per heavy atom. The number of Topliss-reactive ketones (excluding diaryl/α,β-unsaturated/α-hetero) is 1. The van der Waals surface area contributed by atoms with Crippen LogP contribution in [0, 0.1) is 5.92 Å². The average molecular weight is 222 g/mol. The van der Waals surface area contributed by atoms with Crippen molar-refractivity contribution in [2.75, 3.05) is 0 Å². The van der Waals surface area contributed by atoms with Crippen molar-refractivity contribution >= 4 is 5.78 Å². The highest BCUT2D eigenvalue weighted by Gasteiger charge is 2.09. The van der Waals surface area contributed by atoms with Gasteiger partial charge in [0.25, 0.3) is 0 Å². The van der Waals surface area contributed by atoms with E-state index in [1.807, 2.05) is 6.92 Å². The van der Waals surface area contributed by atoms with Crippen molar-refractivity contribution in [2.24, 2.45) is 5.92 Å². The summed E-state index contributed by atoms with van der Waals surface area (Å²) in [5.74, 6) is 0.288. The lowest BCUT2D eigenvalue weighted by Crippen LogP contribution is -2.07. The van der Waals surface area contributed by atoms with E-state index in [0.717, 1.165) is 18.4 Å². The van der Waals surface area contributed by atoms with Crippen LogP contribution in [-0.2, 0) is 4.79 Å². The molecule has 0 aromatic rings. The van der Waals surface area contributed by atoms with E-state index >= 15 is 0 Å². The maximum Gasteiger partial charge on any atom is 0.136 e. The van der Waals surface area contributed by atoms with E-state index in [9.17, 15) is 4.79 Å². The number of hydrogen-bond donors (Lipinski definition) is 0. The standard InChI is InChI=1S/C15H26O/c1-5-6-7-8-9-10-11-15(14(4)16)12-13(2)3/h10-11,15H,2,5-9,12H2,1,3-4H3/b11-10+. The van der Waals surface area contributed by atoms with Gasteiger partial charge in [-0.15, -0.1) is 6.58 Å². The van der Waals surface area contributed by atoms with Crippen molar-refractivity contribution in [1.82, 2.24) is 0 Å². The second-order valence-electron chi connectivity index (χ2n) is 4.66. The van der Waals surface area contributed by atoms with Crippen molar-refractivity contribution < 1.29 is 4.79 Å². The Kier molecular flexibility index (Phi) is 8.88. The van der Waals surface area contributed by atoms with Gasteiger partial charge in [0.05, 0.1) is 0 Å². The first-order chi connectivity index (χ1) is 7.57. The fraction of sp³-hybridized carbons (Fsp3) is 0.667. The van der Waals surface area contributed by atoms with Crippen LogP contribution in [0.5, 0.6) is 0 Å². The Labute approximate surface area is 101 Å². The van der Waals surface area contributed by atoms with E-state index in [1.54, 1.807) is 6.92 Å². The van der Waals surface area contributed by atoms with Gasteiger partial charge in [-0.25, -0.2) is 0 Å². The average Bonchev–Trinajstić information content (AvgIpc) is 2.20. The summed E-state index contributed by atoms with van der Waals surface area (Å²) in [5, 5.41) is 0. The third-order valence-corrected chi connectivity index (χ3v) is 2.68. The first-order valence-corrected chi connectivity index (χ1v) is 6.39. The van der Waals surface area contributed by atoms with Crippen molar-refractivity contribution in [3.63, 3.8) is 0 Å². The minimum absolute atomic E-state index is 0.0451. The fourth-order valence-electron chi connectivity index (χ4n) is 1.67. The number of unbranched alkanes of at least 4 members (excludes halogenated alkanes) is 4. The van der Waals surface area contributed by atoms with Gasteiger partial charge < -0.3 is 0 Å². The normalized spacial score (nSPS) is 12.9. The SMILES string of the molecule is C=C(C)CC(/C=C/CCCCCC)C(C)=O. The maximum absolute atomic E-state index is 11.4. The zero-order valence-electron chi connectivity index (χ0n) is 11.1. The molecule has 1 atom stereocenters. The molecule has 0 saturated heterocycles. The largest absolute Gasteiger partial charge is 0.299 e. The summed E-state index contributed by atoms with van der Waals surface area (Å²) < 4.78 is 0. The van der Waals surface area contributed by atoms with Crippen LogP contribution < -0.4 is 0 Å². The van der Waals surface area contributed by atoms with Gasteiger partial charge in [-0.3, -0.25) is 4.79 Å². The lowest BCUT2D eigenvalue weighted by atomic mass is 9.96. The van der Waals surface area contributed by atoms with Gasteiger partial charge in [0, 0.05) is 5.92 Å². The van der Waals surface area contributed by atoms with Gasteiger partial charge in [0.1, 0.15) is 5.78 Å². The first-order valence-electron chi connectivity index (χ1n) is 6.39. The Morgan fingerprint density at radius 1 is 1.25 bits per heavy atom. The van der Waals surface area contributed by atoms with Crippen molar-refractivity contribution in [1.29, 1.82) is 0 Å². The minimum atomic E-state index is 0.0451. The topological polar surface area (TPSA) is 17.1 Å². The molecular formula is C15H26O. The molecule has 0 amide bonds. The van der Waals surface area contributed by atoms with Crippen LogP contribution in [-0.4, -0.2) is 5.78 Å². The van der Waals surface area contributed by atoms with E-state index in [2.05, 4.69) is 25.7 Å². The molecule has 1 nitrogen and oxygen atoms in total. The number of hydrogen-bond acceptors (Lipinski definition) is 1. The molecular weight excluding hydrogens is 196 g/mol. The monoisotopic (exact) mass is 222 g/mol. The Hall–Kier alpha value is -0.850. The summed E-state index contributed by atoms with van der Waals surface area (Å²) in [7, 11) is 0. The molecule has 0 saturated carbocycles. The summed E-state index contributed by atoms with van der Waals surface area (Å²) in [6.45, 7) is 9.72. The van der Waals surface area contributed by atoms with Crippen LogP contribution in [0.15, 0.2) is 24.3 Å². The molecule has 0 rings (SSSR count). The van der Waals surface area contributed by atoms with E-state index < -0.39 is 0 Å². The summed E-state index contributed by atoms with van der Waals surface area (Å²) in [5.41, 5.74) is 1.08. The molecule has 1 heteroatoms. The quantitative estimate of drug-likeness (QED) is 0.409. The van der Waals surface area contributed by atoms with Crippen LogP contribution in [0.4, 0.5) is 0 Å². The molecule has 0 bridgehead atoms. The number of carbonyl (C=O) groups is 1. The lowest BCUT2D eigenvalue weighted by Gasteiger charge is -2.08. The fourth-order valence-corrected chi connectivity index (χ4v) is 1.67. The number of rotatable bonds is 9. The summed E-state index contributed by atoms with van der Waals surface area (Å²) in [6.07, 6.45) is 11.2. The van der Waals surface area contributed by atoms with Crippen molar-refractivity contribution in [2.45, 2.75) is 59.3 Å². The van der Waals surface area contributed by atoms with Crippen molar-refractivity contribution in [3.05, 3.63) is 24.3 Å². The summed E-state index contributed by atoms with van der Waals surface area (Å²) in [4.78, 5) is 11.4. The van der Waals surface area contributed by atoms with Crippen LogP contribution in [0.1, 0.15) is 59.3 Å². The molecule has 1 unspecified atom stereocenters. The molecule has 0 spiro atoms. The van der Waals surface area contributed by atoms with Gasteiger partial charge in [0.15, 0.2) is 0 Å². The van der Waals surface area contributed by atoms with E-state index in [4.69, 9.17) is 0 Å². The van der Waals surface area contributed by atoms with Crippen molar-refractivity contribution in [3.8, 4) is 0 Å². The van der Waals surface area contributed by atoms with E-state index in [-0.39, 0.29) is 11.7 Å².